The number of rotatable bonds is 6. The lowest BCUT2D eigenvalue weighted by Crippen LogP contribution is -2.24. The molecule has 148 valence electrons. The topological polar surface area (TPSA) is 67.8 Å². The summed E-state index contributed by atoms with van der Waals surface area (Å²) in [7, 11) is 0. The van der Waals surface area contributed by atoms with Crippen LogP contribution in [-0.2, 0) is 11.3 Å². The molecule has 1 N–H and O–H groups in total. The van der Waals surface area contributed by atoms with Gasteiger partial charge < -0.3 is 5.32 Å². The number of carbonyl (C=O) groups is 1. The average Bonchev–Trinajstić information content (AvgIpc) is 3.49. The van der Waals surface area contributed by atoms with E-state index < -0.39 is 0 Å². The van der Waals surface area contributed by atoms with Crippen LogP contribution in [0.15, 0.2) is 54.9 Å². The maximum atomic E-state index is 12.0. The third-order valence-corrected chi connectivity index (χ3v) is 5.40. The smallest absolute Gasteiger partial charge is 0.223 e. The van der Waals surface area contributed by atoms with Crippen LogP contribution in [0.1, 0.15) is 44.5 Å². The molecule has 1 aliphatic carbocycles. The van der Waals surface area contributed by atoms with E-state index in [1.165, 1.54) is 0 Å². The number of hydrogen-bond donors (Lipinski definition) is 1. The first-order chi connectivity index (χ1) is 14.0. The third-order valence-electron chi connectivity index (χ3n) is 5.40. The van der Waals surface area contributed by atoms with Gasteiger partial charge in [-0.3, -0.25) is 9.78 Å². The molecule has 0 spiro atoms. The zero-order valence-electron chi connectivity index (χ0n) is 17.1. The van der Waals surface area contributed by atoms with Gasteiger partial charge in [0, 0.05) is 41.9 Å². The summed E-state index contributed by atoms with van der Waals surface area (Å²) in [4.78, 5) is 25.9. The number of nitrogens with one attached hydrogen (secondary N) is 1. The van der Waals surface area contributed by atoms with Crippen molar-refractivity contribution in [3.8, 4) is 22.5 Å². The molecule has 0 bridgehead atoms. The lowest BCUT2D eigenvalue weighted by atomic mass is 10.0. The fourth-order valence-corrected chi connectivity index (χ4v) is 3.39. The summed E-state index contributed by atoms with van der Waals surface area (Å²) in [5.74, 6) is 1.94. The maximum absolute atomic E-state index is 12.0. The van der Waals surface area contributed by atoms with Crippen LogP contribution in [0.4, 0.5) is 0 Å². The fourth-order valence-electron chi connectivity index (χ4n) is 3.39. The van der Waals surface area contributed by atoms with E-state index in [1.54, 1.807) is 6.20 Å². The Bertz CT molecular complexity index is 999. The largest absolute Gasteiger partial charge is 0.352 e. The number of aromatic nitrogens is 3. The lowest BCUT2D eigenvalue weighted by molar-refractivity contribution is -0.122. The summed E-state index contributed by atoms with van der Waals surface area (Å²) >= 11 is 0. The van der Waals surface area contributed by atoms with Crippen LogP contribution < -0.4 is 5.32 Å². The molecule has 1 fully saturated rings. The Hall–Kier alpha value is -3.08. The molecule has 5 heteroatoms. The molecule has 2 aromatic heterocycles. The van der Waals surface area contributed by atoms with E-state index in [4.69, 9.17) is 4.98 Å². The van der Waals surface area contributed by atoms with Crippen LogP contribution in [0.2, 0.25) is 0 Å². The SMILES string of the molecule is CC(C)c1ncc(-c2ccccn2)c(-c2ccc(CNC(=O)[C@H]3C[C@@H]3C)cc2)n1. The van der Waals surface area contributed by atoms with Crippen LogP contribution in [0.5, 0.6) is 0 Å². The number of pyridine rings is 1. The van der Waals surface area contributed by atoms with E-state index in [9.17, 15) is 4.79 Å². The van der Waals surface area contributed by atoms with Crippen molar-refractivity contribution in [1.82, 2.24) is 20.3 Å². The van der Waals surface area contributed by atoms with Crippen molar-refractivity contribution in [3.05, 3.63) is 66.2 Å². The highest BCUT2D eigenvalue weighted by Crippen LogP contribution is 2.37. The summed E-state index contributed by atoms with van der Waals surface area (Å²) in [6.45, 7) is 6.85. The van der Waals surface area contributed by atoms with E-state index >= 15 is 0 Å². The molecule has 0 aliphatic heterocycles. The highest BCUT2D eigenvalue weighted by atomic mass is 16.2. The van der Waals surface area contributed by atoms with E-state index in [1.807, 2.05) is 36.5 Å². The van der Waals surface area contributed by atoms with Gasteiger partial charge in [-0.1, -0.05) is 51.1 Å². The number of carbonyl (C=O) groups excluding carboxylic acids is 1. The molecular formula is C24H26N4O. The standard InChI is InChI=1S/C24H26N4O/c1-15(2)23-26-14-20(21-6-4-5-11-25-21)22(28-23)18-9-7-17(8-10-18)13-27-24(29)19-12-16(19)3/h4-11,14-16,19H,12-13H2,1-3H3,(H,27,29)/t16-,19-/m0/s1. The first-order valence-corrected chi connectivity index (χ1v) is 10.2. The number of amides is 1. The second kappa shape index (κ2) is 8.11. The fraction of sp³-hybridized carbons (Fsp3) is 0.333. The Labute approximate surface area is 171 Å². The molecule has 0 saturated heterocycles. The molecule has 2 heterocycles. The highest BCUT2D eigenvalue weighted by Gasteiger charge is 2.38. The van der Waals surface area contributed by atoms with E-state index in [2.05, 4.69) is 48.2 Å². The Morgan fingerprint density at radius 3 is 2.52 bits per heavy atom. The van der Waals surface area contributed by atoms with Gasteiger partial charge in [0.25, 0.3) is 0 Å². The summed E-state index contributed by atoms with van der Waals surface area (Å²) in [6.07, 6.45) is 4.65. The second-order valence-corrected chi connectivity index (χ2v) is 8.09. The molecule has 4 rings (SSSR count). The molecule has 0 radical (unpaired) electrons. The molecular weight excluding hydrogens is 360 g/mol. The maximum Gasteiger partial charge on any atom is 0.223 e. The van der Waals surface area contributed by atoms with Crippen LogP contribution in [-0.4, -0.2) is 20.9 Å². The molecule has 29 heavy (non-hydrogen) atoms. The second-order valence-electron chi connectivity index (χ2n) is 8.09. The van der Waals surface area contributed by atoms with E-state index in [0.29, 0.717) is 12.5 Å². The predicted molar refractivity (Wildman–Crippen MR) is 114 cm³/mol. The van der Waals surface area contributed by atoms with Gasteiger partial charge in [-0.25, -0.2) is 9.97 Å². The van der Waals surface area contributed by atoms with Crippen LogP contribution in [0.25, 0.3) is 22.5 Å². The minimum atomic E-state index is 0.163. The lowest BCUT2D eigenvalue weighted by Gasteiger charge is -2.12. The number of nitrogens with zero attached hydrogens (tertiary/aromatic N) is 3. The first kappa shape index (κ1) is 19.2. The van der Waals surface area contributed by atoms with Crippen LogP contribution >= 0.6 is 0 Å². The molecule has 2 atom stereocenters. The number of hydrogen-bond acceptors (Lipinski definition) is 4. The van der Waals surface area contributed by atoms with Crippen molar-refractivity contribution in [3.63, 3.8) is 0 Å². The summed E-state index contributed by atoms with van der Waals surface area (Å²) < 4.78 is 0. The average molecular weight is 386 g/mol. The van der Waals surface area contributed by atoms with Crippen molar-refractivity contribution >= 4 is 5.91 Å². The zero-order valence-corrected chi connectivity index (χ0v) is 17.1. The molecule has 5 nitrogen and oxygen atoms in total. The summed E-state index contributed by atoms with van der Waals surface area (Å²) in [5, 5.41) is 3.04. The van der Waals surface area contributed by atoms with Crippen LogP contribution in [0.3, 0.4) is 0 Å². The normalized spacial score (nSPS) is 17.9. The van der Waals surface area contributed by atoms with Gasteiger partial charge in [0.2, 0.25) is 5.91 Å². The minimum absolute atomic E-state index is 0.163. The highest BCUT2D eigenvalue weighted by molar-refractivity contribution is 5.81. The molecule has 1 amide bonds. The third kappa shape index (κ3) is 4.34. The molecule has 1 aromatic carbocycles. The zero-order chi connectivity index (χ0) is 20.4. The molecule has 3 aromatic rings. The monoisotopic (exact) mass is 386 g/mol. The van der Waals surface area contributed by atoms with Crippen molar-refractivity contribution in [2.24, 2.45) is 11.8 Å². The van der Waals surface area contributed by atoms with Gasteiger partial charge in [-0.15, -0.1) is 0 Å². The van der Waals surface area contributed by atoms with Crippen LogP contribution in [0, 0.1) is 11.8 Å². The van der Waals surface area contributed by atoms with Gasteiger partial charge >= 0.3 is 0 Å². The summed E-state index contributed by atoms with van der Waals surface area (Å²) in [6, 6.07) is 14.0. The Morgan fingerprint density at radius 1 is 1.14 bits per heavy atom. The minimum Gasteiger partial charge on any atom is -0.352 e. The van der Waals surface area contributed by atoms with Gasteiger partial charge in [0.15, 0.2) is 0 Å². The Balaban J connectivity index is 1.59. The van der Waals surface area contributed by atoms with Gasteiger partial charge in [0.1, 0.15) is 5.82 Å². The van der Waals surface area contributed by atoms with Crippen molar-refractivity contribution < 1.29 is 4.79 Å². The molecule has 0 unspecified atom stereocenters. The van der Waals surface area contributed by atoms with E-state index in [-0.39, 0.29) is 17.7 Å². The summed E-state index contributed by atoms with van der Waals surface area (Å²) in [5.41, 5.74) is 4.74. The Morgan fingerprint density at radius 2 is 1.90 bits per heavy atom. The van der Waals surface area contributed by atoms with Gasteiger partial charge in [-0.05, 0) is 30.0 Å². The predicted octanol–water partition coefficient (Wildman–Crippen LogP) is 4.60. The van der Waals surface area contributed by atoms with Gasteiger partial charge in [0.05, 0.1) is 11.4 Å². The van der Waals surface area contributed by atoms with Crippen molar-refractivity contribution in [1.29, 1.82) is 0 Å². The van der Waals surface area contributed by atoms with Crippen molar-refractivity contribution in [2.75, 3.05) is 0 Å². The van der Waals surface area contributed by atoms with E-state index in [0.717, 1.165) is 40.3 Å². The quantitative estimate of drug-likeness (QED) is 0.672. The molecule has 1 saturated carbocycles. The van der Waals surface area contributed by atoms with Crippen molar-refractivity contribution in [2.45, 2.75) is 39.7 Å². The van der Waals surface area contributed by atoms with Gasteiger partial charge in [-0.2, -0.15) is 0 Å². The molecule has 1 aliphatic rings. The number of benzene rings is 1. The first-order valence-electron chi connectivity index (χ1n) is 10.2. The Kier molecular flexibility index (Phi) is 5.38.